The van der Waals surface area contributed by atoms with Crippen LogP contribution >= 0.6 is 0 Å². The van der Waals surface area contributed by atoms with Crippen molar-refractivity contribution in [2.24, 2.45) is 5.73 Å². The summed E-state index contributed by atoms with van der Waals surface area (Å²) in [5, 5.41) is 0. The summed E-state index contributed by atoms with van der Waals surface area (Å²) in [5.74, 6) is -5.37. The lowest BCUT2D eigenvalue weighted by atomic mass is 10.1. The Bertz CT molecular complexity index is 437. The molecule has 0 saturated heterocycles. The average Bonchev–Trinajstić information content (AvgIpc) is 2.36. The van der Waals surface area contributed by atoms with E-state index in [0.717, 1.165) is 12.1 Å². The third kappa shape index (κ3) is 2.29. The first kappa shape index (κ1) is 14.0. The standard InChI is InChI=1S/C11H13F2NO4/c1-16-7-4-6(11(12,13)10(14)15)5-8(17-2)9(7)18-3/h4-5H,1-3H3,(H2,14,15). The van der Waals surface area contributed by atoms with Crippen molar-refractivity contribution in [1.29, 1.82) is 0 Å². The number of carbonyl (C=O) groups excluding carboxylic acids is 1. The van der Waals surface area contributed by atoms with Crippen LogP contribution in [-0.2, 0) is 10.7 Å². The summed E-state index contributed by atoms with van der Waals surface area (Å²) in [6, 6.07) is 1.96. The number of hydrogen-bond acceptors (Lipinski definition) is 4. The molecule has 5 nitrogen and oxygen atoms in total. The van der Waals surface area contributed by atoms with Gasteiger partial charge >= 0.3 is 5.92 Å². The molecule has 0 aliphatic rings. The first-order chi connectivity index (χ1) is 8.38. The number of hydrogen-bond donors (Lipinski definition) is 1. The van der Waals surface area contributed by atoms with E-state index in [-0.39, 0.29) is 17.2 Å². The maximum atomic E-state index is 13.5. The summed E-state index contributed by atoms with van der Waals surface area (Å²) in [4.78, 5) is 10.7. The fourth-order valence-electron chi connectivity index (χ4n) is 1.40. The quantitative estimate of drug-likeness (QED) is 0.867. The highest BCUT2D eigenvalue weighted by atomic mass is 19.3. The number of halogens is 2. The van der Waals surface area contributed by atoms with Gasteiger partial charge in [-0.2, -0.15) is 8.78 Å². The highest BCUT2D eigenvalue weighted by Crippen LogP contribution is 2.42. The van der Waals surface area contributed by atoms with E-state index in [9.17, 15) is 13.6 Å². The SMILES string of the molecule is COc1cc(C(F)(F)C(N)=O)cc(OC)c1OC. The fourth-order valence-corrected chi connectivity index (χ4v) is 1.40. The Morgan fingerprint density at radius 1 is 1.11 bits per heavy atom. The number of methoxy groups -OCH3 is 3. The van der Waals surface area contributed by atoms with Crippen LogP contribution in [0.15, 0.2) is 12.1 Å². The van der Waals surface area contributed by atoms with Crippen LogP contribution in [0.25, 0.3) is 0 Å². The predicted octanol–water partition coefficient (Wildman–Crippen LogP) is 1.29. The van der Waals surface area contributed by atoms with E-state index in [0.29, 0.717) is 0 Å². The van der Waals surface area contributed by atoms with Gasteiger partial charge in [-0.1, -0.05) is 0 Å². The third-order valence-electron chi connectivity index (χ3n) is 2.34. The van der Waals surface area contributed by atoms with E-state index in [1.54, 1.807) is 0 Å². The second-order valence-electron chi connectivity index (χ2n) is 3.35. The molecule has 1 rings (SSSR count). The van der Waals surface area contributed by atoms with Crippen molar-refractivity contribution in [3.8, 4) is 17.2 Å². The van der Waals surface area contributed by atoms with Crippen LogP contribution in [0.3, 0.4) is 0 Å². The maximum Gasteiger partial charge on any atom is 0.349 e. The molecule has 1 amide bonds. The van der Waals surface area contributed by atoms with Gasteiger partial charge in [-0.05, 0) is 12.1 Å². The van der Waals surface area contributed by atoms with Gasteiger partial charge in [0, 0.05) is 5.56 Å². The molecular formula is C11H13F2NO4. The van der Waals surface area contributed by atoms with Crippen LogP contribution in [0.5, 0.6) is 17.2 Å². The Labute approximate surface area is 102 Å². The summed E-state index contributed by atoms with van der Waals surface area (Å²) in [6.45, 7) is 0. The van der Waals surface area contributed by atoms with E-state index >= 15 is 0 Å². The van der Waals surface area contributed by atoms with Crippen molar-refractivity contribution >= 4 is 5.91 Å². The lowest BCUT2D eigenvalue weighted by Gasteiger charge is -2.17. The number of carbonyl (C=O) groups is 1. The summed E-state index contributed by atoms with van der Waals surface area (Å²) < 4.78 is 41.8. The summed E-state index contributed by atoms with van der Waals surface area (Å²) in [5.41, 5.74) is 4.03. The molecule has 0 aliphatic carbocycles. The van der Waals surface area contributed by atoms with Crippen molar-refractivity contribution in [2.45, 2.75) is 5.92 Å². The molecule has 0 spiro atoms. The second kappa shape index (κ2) is 5.07. The van der Waals surface area contributed by atoms with Gasteiger partial charge in [0.15, 0.2) is 11.5 Å². The highest BCUT2D eigenvalue weighted by Gasteiger charge is 2.40. The molecule has 0 heterocycles. The van der Waals surface area contributed by atoms with Crippen molar-refractivity contribution in [1.82, 2.24) is 0 Å². The Hall–Kier alpha value is -2.05. The Morgan fingerprint density at radius 3 is 1.83 bits per heavy atom. The highest BCUT2D eigenvalue weighted by molar-refractivity contribution is 5.83. The van der Waals surface area contributed by atoms with Gasteiger partial charge in [-0.15, -0.1) is 0 Å². The van der Waals surface area contributed by atoms with Gasteiger partial charge in [0.2, 0.25) is 5.75 Å². The number of primary amides is 1. The zero-order valence-electron chi connectivity index (χ0n) is 10.1. The molecule has 7 heteroatoms. The molecule has 0 atom stereocenters. The Balaban J connectivity index is 3.45. The Morgan fingerprint density at radius 2 is 1.56 bits per heavy atom. The normalized spacial score (nSPS) is 10.9. The number of benzene rings is 1. The summed E-state index contributed by atoms with van der Waals surface area (Å²) >= 11 is 0. The molecule has 100 valence electrons. The van der Waals surface area contributed by atoms with Gasteiger partial charge in [-0.3, -0.25) is 4.79 Å². The average molecular weight is 261 g/mol. The number of rotatable bonds is 5. The van der Waals surface area contributed by atoms with Gasteiger partial charge in [0.25, 0.3) is 5.91 Å². The number of alkyl halides is 2. The molecule has 0 saturated carbocycles. The topological polar surface area (TPSA) is 70.8 Å². The minimum absolute atomic E-state index is 0.0211. The van der Waals surface area contributed by atoms with Gasteiger partial charge in [-0.25, -0.2) is 0 Å². The zero-order valence-corrected chi connectivity index (χ0v) is 10.1. The molecule has 1 aromatic rings. The van der Waals surface area contributed by atoms with Crippen LogP contribution in [0.1, 0.15) is 5.56 Å². The lowest BCUT2D eigenvalue weighted by Crippen LogP contribution is -2.32. The second-order valence-corrected chi connectivity index (χ2v) is 3.35. The summed E-state index contributed by atoms with van der Waals surface area (Å²) in [7, 11) is 3.90. The molecule has 0 aromatic heterocycles. The van der Waals surface area contributed by atoms with Crippen LogP contribution in [0.4, 0.5) is 8.78 Å². The molecule has 0 fully saturated rings. The zero-order chi connectivity index (χ0) is 13.9. The van der Waals surface area contributed by atoms with Crippen molar-refractivity contribution < 1.29 is 27.8 Å². The van der Waals surface area contributed by atoms with E-state index < -0.39 is 17.4 Å². The largest absolute Gasteiger partial charge is 0.493 e. The molecule has 1 aromatic carbocycles. The molecule has 0 unspecified atom stereocenters. The molecule has 0 bridgehead atoms. The first-order valence-corrected chi connectivity index (χ1v) is 4.86. The molecular weight excluding hydrogens is 248 g/mol. The predicted molar refractivity (Wildman–Crippen MR) is 59.2 cm³/mol. The van der Waals surface area contributed by atoms with Crippen molar-refractivity contribution in [3.63, 3.8) is 0 Å². The fraction of sp³-hybridized carbons (Fsp3) is 0.364. The molecule has 0 aliphatic heterocycles. The number of nitrogens with two attached hydrogens (primary N) is 1. The molecule has 18 heavy (non-hydrogen) atoms. The van der Waals surface area contributed by atoms with Gasteiger partial charge < -0.3 is 19.9 Å². The van der Waals surface area contributed by atoms with E-state index in [4.69, 9.17) is 14.2 Å². The van der Waals surface area contributed by atoms with Crippen LogP contribution in [-0.4, -0.2) is 27.2 Å². The van der Waals surface area contributed by atoms with Crippen LogP contribution in [0, 0.1) is 0 Å². The van der Waals surface area contributed by atoms with E-state index in [1.165, 1.54) is 21.3 Å². The van der Waals surface area contributed by atoms with Crippen LogP contribution < -0.4 is 19.9 Å². The summed E-state index contributed by atoms with van der Waals surface area (Å²) in [6.07, 6.45) is 0. The monoisotopic (exact) mass is 261 g/mol. The van der Waals surface area contributed by atoms with Crippen molar-refractivity contribution in [2.75, 3.05) is 21.3 Å². The number of amides is 1. The minimum Gasteiger partial charge on any atom is -0.493 e. The Kier molecular flexibility index (Phi) is 3.95. The van der Waals surface area contributed by atoms with Gasteiger partial charge in [0.1, 0.15) is 0 Å². The van der Waals surface area contributed by atoms with E-state index in [1.807, 2.05) is 0 Å². The van der Waals surface area contributed by atoms with E-state index in [2.05, 4.69) is 5.73 Å². The lowest BCUT2D eigenvalue weighted by molar-refractivity contribution is -0.143. The molecule has 0 radical (unpaired) electrons. The number of ether oxygens (including phenoxy) is 3. The minimum atomic E-state index is -3.81. The van der Waals surface area contributed by atoms with Crippen molar-refractivity contribution in [3.05, 3.63) is 17.7 Å². The third-order valence-corrected chi connectivity index (χ3v) is 2.34. The maximum absolute atomic E-state index is 13.5. The smallest absolute Gasteiger partial charge is 0.349 e. The molecule has 2 N–H and O–H groups in total. The van der Waals surface area contributed by atoms with Crippen LogP contribution in [0.2, 0.25) is 0 Å². The first-order valence-electron chi connectivity index (χ1n) is 4.86. The van der Waals surface area contributed by atoms with Gasteiger partial charge in [0.05, 0.1) is 21.3 Å².